The summed E-state index contributed by atoms with van der Waals surface area (Å²) >= 11 is 9.20. The highest BCUT2D eigenvalue weighted by Gasteiger charge is 2.16. The quantitative estimate of drug-likeness (QED) is 0.421. The Morgan fingerprint density at radius 3 is 2.38 bits per heavy atom. The highest BCUT2D eigenvalue weighted by atomic mass is 127. The fourth-order valence-electron chi connectivity index (χ4n) is 2.17. The van der Waals surface area contributed by atoms with E-state index in [4.69, 9.17) is 14.6 Å². The molecule has 1 unspecified atom stereocenters. The molecule has 0 spiro atoms. The highest BCUT2D eigenvalue weighted by Crippen LogP contribution is 2.40. The SMILES string of the molecule is COc1ccc(Oc2c(Br)cc(C(C)CC(=O)O)cc2Br)cc1I. The van der Waals surface area contributed by atoms with Gasteiger partial charge in [0.05, 0.1) is 26.0 Å². The van der Waals surface area contributed by atoms with Crippen molar-refractivity contribution >= 4 is 60.4 Å². The number of aliphatic carboxylic acids is 1. The highest BCUT2D eigenvalue weighted by molar-refractivity contribution is 14.1. The number of carboxylic acids is 1. The third-order valence-corrected chi connectivity index (χ3v) is 5.43. The molecule has 0 heterocycles. The number of halogens is 3. The van der Waals surface area contributed by atoms with E-state index in [2.05, 4.69) is 54.5 Å². The lowest BCUT2D eigenvalue weighted by atomic mass is 9.98. The van der Waals surface area contributed by atoms with E-state index in [9.17, 15) is 4.79 Å². The summed E-state index contributed by atoms with van der Waals surface area (Å²) in [5.41, 5.74) is 0.924. The first kappa shape index (κ1) is 19.5. The predicted octanol–water partition coefficient (Wildman–Crippen LogP) is 6.20. The molecule has 0 aliphatic carbocycles. The molecule has 0 radical (unpaired) electrons. The molecule has 0 amide bonds. The fourth-order valence-corrected chi connectivity index (χ4v) is 4.26. The first-order chi connectivity index (χ1) is 11.3. The number of carboxylic acid groups (broad SMARTS) is 1. The first-order valence-electron chi connectivity index (χ1n) is 7.04. The molecule has 2 aromatic carbocycles. The number of carbonyl (C=O) groups is 1. The van der Waals surface area contributed by atoms with Gasteiger partial charge in [0.25, 0.3) is 0 Å². The second-order valence-electron chi connectivity index (χ2n) is 5.21. The van der Waals surface area contributed by atoms with Gasteiger partial charge in [0, 0.05) is 0 Å². The molecular weight excluding hydrogens is 555 g/mol. The van der Waals surface area contributed by atoms with Crippen molar-refractivity contribution < 1.29 is 19.4 Å². The van der Waals surface area contributed by atoms with Gasteiger partial charge in [-0.05, 0) is 96.3 Å². The molecule has 0 fully saturated rings. The standard InChI is InChI=1S/C17H15Br2IO4/c1-9(5-16(21)22)10-6-12(18)17(13(19)7-10)24-11-3-4-15(23-2)14(20)8-11/h3-4,6-9H,5H2,1-2H3,(H,21,22). The zero-order valence-corrected chi connectivity index (χ0v) is 18.3. The van der Waals surface area contributed by atoms with Gasteiger partial charge in [-0.3, -0.25) is 4.79 Å². The smallest absolute Gasteiger partial charge is 0.303 e. The zero-order valence-electron chi connectivity index (χ0n) is 13.0. The summed E-state index contributed by atoms with van der Waals surface area (Å²) in [4.78, 5) is 10.9. The minimum atomic E-state index is -0.817. The molecule has 0 aliphatic rings. The lowest BCUT2D eigenvalue weighted by Crippen LogP contribution is -2.03. The van der Waals surface area contributed by atoms with Crippen LogP contribution in [0.5, 0.6) is 17.2 Å². The molecule has 24 heavy (non-hydrogen) atoms. The fraction of sp³-hybridized carbons (Fsp3) is 0.235. The van der Waals surface area contributed by atoms with Crippen LogP contribution in [0.4, 0.5) is 0 Å². The van der Waals surface area contributed by atoms with Crippen molar-refractivity contribution in [3.8, 4) is 17.2 Å². The van der Waals surface area contributed by atoms with E-state index in [1.165, 1.54) is 0 Å². The number of rotatable bonds is 6. The maximum atomic E-state index is 10.9. The summed E-state index contributed by atoms with van der Waals surface area (Å²) in [5.74, 6) is 1.21. The van der Waals surface area contributed by atoms with Crippen LogP contribution in [0.25, 0.3) is 0 Å². The molecule has 4 nitrogen and oxygen atoms in total. The summed E-state index contributed by atoms with van der Waals surface area (Å²) < 4.78 is 13.7. The van der Waals surface area contributed by atoms with Crippen LogP contribution in [0.2, 0.25) is 0 Å². The maximum Gasteiger partial charge on any atom is 0.303 e. The van der Waals surface area contributed by atoms with Crippen molar-refractivity contribution in [1.82, 2.24) is 0 Å². The number of hydrogen-bond donors (Lipinski definition) is 1. The average molecular weight is 570 g/mol. The Labute approximate surface area is 170 Å². The van der Waals surface area contributed by atoms with Gasteiger partial charge >= 0.3 is 5.97 Å². The Balaban J connectivity index is 2.28. The number of hydrogen-bond acceptors (Lipinski definition) is 3. The number of benzene rings is 2. The van der Waals surface area contributed by atoms with Gasteiger partial charge in [0.2, 0.25) is 0 Å². The van der Waals surface area contributed by atoms with Crippen molar-refractivity contribution in [3.63, 3.8) is 0 Å². The average Bonchev–Trinajstić information content (AvgIpc) is 2.50. The Morgan fingerprint density at radius 1 is 1.25 bits per heavy atom. The molecule has 2 rings (SSSR count). The summed E-state index contributed by atoms with van der Waals surface area (Å²) in [6, 6.07) is 9.35. The van der Waals surface area contributed by atoms with Crippen LogP contribution in [-0.2, 0) is 4.79 Å². The second kappa shape index (κ2) is 8.53. The van der Waals surface area contributed by atoms with Gasteiger partial charge in [-0.1, -0.05) is 6.92 Å². The van der Waals surface area contributed by atoms with Crippen LogP contribution >= 0.6 is 54.5 Å². The van der Waals surface area contributed by atoms with Crippen molar-refractivity contribution in [2.24, 2.45) is 0 Å². The summed E-state index contributed by atoms with van der Waals surface area (Å²) in [6.45, 7) is 1.88. The third-order valence-electron chi connectivity index (χ3n) is 3.41. The van der Waals surface area contributed by atoms with E-state index < -0.39 is 5.97 Å². The first-order valence-corrected chi connectivity index (χ1v) is 9.70. The summed E-state index contributed by atoms with van der Waals surface area (Å²) in [6.07, 6.45) is 0.0791. The van der Waals surface area contributed by atoms with E-state index in [-0.39, 0.29) is 12.3 Å². The van der Waals surface area contributed by atoms with E-state index in [1.807, 2.05) is 37.3 Å². The molecule has 128 valence electrons. The normalized spacial score (nSPS) is 11.9. The van der Waals surface area contributed by atoms with Gasteiger partial charge in [-0.25, -0.2) is 0 Å². The van der Waals surface area contributed by atoms with Gasteiger partial charge in [-0.15, -0.1) is 0 Å². The van der Waals surface area contributed by atoms with E-state index in [0.29, 0.717) is 11.5 Å². The number of methoxy groups -OCH3 is 1. The van der Waals surface area contributed by atoms with E-state index >= 15 is 0 Å². The van der Waals surface area contributed by atoms with Gasteiger partial charge < -0.3 is 14.6 Å². The lowest BCUT2D eigenvalue weighted by molar-refractivity contribution is -0.137. The molecule has 1 N–H and O–H groups in total. The van der Waals surface area contributed by atoms with Crippen LogP contribution in [0.15, 0.2) is 39.3 Å². The topological polar surface area (TPSA) is 55.8 Å². The Bertz CT molecular complexity index is 741. The Hall–Kier alpha value is -0.800. The third kappa shape index (κ3) is 4.86. The molecule has 0 saturated carbocycles. The van der Waals surface area contributed by atoms with Crippen molar-refractivity contribution in [1.29, 1.82) is 0 Å². The lowest BCUT2D eigenvalue weighted by Gasteiger charge is -2.15. The molecule has 0 saturated heterocycles. The largest absolute Gasteiger partial charge is 0.496 e. The maximum absolute atomic E-state index is 10.9. The molecule has 2 aromatic rings. The van der Waals surface area contributed by atoms with E-state index in [0.717, 1.165) is 23.8 Å². The van der Waals surface area contributed by atoms with Crippen molar-refractivity contribution in [3.05, 3.63) is 48.4 Å². The van der Waals surface area contributed by atoms with Gasteiger partial charge in [0.15, 0.2) is 5.75 Å². The molecule has 0 aliphatic heterocycles. The molecule has 1 atom stereocenters. The molecule has 7 heteroatoms. The molecule has 0 aromatic heterocycles. The van der Waals surface area contributed by atoms with Crippen LogP contribution in [-0.4, -0.2) is 18.2 Å². The number of ether oxygens (including phenoxy) is 2. The van der Waals surface area contributed by atoms with Crippen molar-refractivity contribution in [2.75, 3.05) is 7.11 Å². The summed E-state index contributed by atoms with van der Waals surface area (Å²) in [7, 11) is 1.63. The monoisotopic (exact) mass is 568 g/mol. The van der Waals surface area contributed by atoms with Crippen LogP contribution in [0, 0.1) is 3.57 Å². The second-order valence-corrected chi connectivity index (χ2v) is 8.08. The minimum absolute atomic E-state index is 0.0791. The molecular formula is C17H15Br2IO4. The van der Waals surface area contributed by atoms with Crippen LogP contribution in [0.1, 0.15) is 24.8 Å². The Morgan fingerprint density at radius 2 is 1.88 bits per heavy atom. The van der Waals surface area contributed by atoms with Gasteiger partial charge in [0.1, 0.15) is 11.5 Å². The van der Waals surface area contributed by atoms with Crippen LogP contribution in [0.3, 0.4) is 0 Å². The van der Waals surface area contributed by atoms with Gasteiger partial charge in [-0.2, -0.15) is 0 Å². The van der Waals surface area contributed by atoms with Crippen molar-refractivity contribution in [2.45, 2.75) is 19.3 Å². The minimum Gasteiger partial charge on any atom is -0.496 e. The van der Waals surface area contributed by atoms with E-state index in [1.54, 1.807) is 7.11 Å². The zero-order chi connectivity index (χ0) is 17.9. The predicted molar refractivity (Wildman–Crippen MR) is 108 cm³/mol. The molecule has 0 bridgehead atoms. The van der Waals surface area contributed by atoms with Crippen LogP contribution < -0.4 is 9.47 Å². The Kier molecular flexibility index (Phi) is 6.94. The summed E-state index contributed by atoms with van der Waals surface area (Å²) in [5, 5.41) is 8.94.